The van der Waals surface area contributed by atoms with Crippen molar-refractivity contribution in [1.82, 2.24) is 0 Å². The number of rotatable bonds is 2. The summed E-state index contributed by atoms with van der Waals surface area (Å²) in [5.41, 5.74) is 0.836. The van der Waals surface area contributed by atoms with Crippen LogP contribution >= 0.6 is 0 Å². The lowest BCUT2D eigenvalue weighted by Gasteiger charge is -2.10. The van der Waals surface area contributed by atoms with E-state index in [9.17, 15) is 13.6 Å². The van der Waals surface area contributed by atoms with Crippen LogP contribution < -0.4 is 0 Å². The van der Waals surface area contributed by atoms with Gasteiger partial charge in [0.1, 0.15) is 0 Å². The Bertz CT molecular complexity index is 386. The first-order valence-electron chi connectivity index (χ1n) is 3.84. The second kappa shape index (κ2) is 4.34. The van der Waals surface area contributed by atoms with Crippen molar-refractivity contribution in [1.29, 1.82) is 0 Å². The number of ether oxygens (including phenoxy) is 1. The summed E-state index contributed by atoms with van der Waals surface area (Å²) in [6, 6.07) is 4.52. The van der Waals surface area contributed by atoms with Gasteiger partial charge in [-0.1, -0.05) is 6.07 Å². The molecule has 0 aromatic heterocycles. The Hall–Kier alpha value is -1.20. The molecule has 0 aliphatic rings. The summed E-state index contributed by atoms with van der Waals surface area (Å²) in [6.07, 6.45) is 0. The fourth-order valence-corrected chi connectivity index (χ4v) is 1.66. The van der Waals surface area contributed by atoms with Gasteiger partial charge < -0.3 is 9.29 Å². The molecule has 0 heterocycles. The van der Waals surface area contributed by atoms with Crippen molar-refractivity contribution in [3.8, 4) is 0 Å². The maximum atomic E-state index is 11.2. The molecule has 1 aromatic carbocycles. The largest absolute Gasteiger partial charge is 0.768 e. The molecule has 0 radical (unpaired) electrons. The minimum atomic E-state index is -2.42. The molecule has 76 valence electrons. The summed E-state index contributed by atoms with van der Waals surface area (Å²) in [4.78, 5) is 11.1. The highest BCUT2D eigenvalue weighted by atomic mass is 32.2. The summed E-state index contributed by atoms with van der Waals surface area (Å²) in [5, 5.41) is 0. The third kappa shape index (κ3) is 2.18. The van der Waals surface area contributed by atoms with Crippen LogP contribution in [0.15, 0.2) is 23.1 Å². The average molecular weight is 213 g/mol. The monoisotopic (exact) mass is 213 g/mol. The van der Waals surface area contributed by atoms with Crippen LogP contribution in [0, 0.1) is 6.92 Å². The number of hydrogen-bond donors (Lipinski definition) is 0. The predicted octanol–water partition coefficient (Wildman–Crippen LogP) is 1.02. The third-order valence-corrected chi connectivity index (χ3v) is 2.42. The van der Waals surface area contributed by atoms with E-state index in [0.717, 1.165) is 5.56 Å². The van der Waals surface area contributed by atoms with Crippen LogP contribution in [0.25, 0.3) is 0 Å². The van der Waals surface area contributed by atoms with Gasteiger partial charge in [-0.2, -0.15) is 0 Å². The van der Waals surface area contributed by atoms with Gasteiger partial charge in [0, 0.05) is 4.90 Å². The molecule has 0 bridgehead atoms. The van der Waals surface area contributed by atoms with Gasteiger partial charge in [-0.3, -0.25) is 4.21 Å². The molecular weight excluding hydrogens is 204 g/mol. The van der Waals surface area contributed by atoms with E-state index in [-0.39, 0.29) is 10.5 Å². The zero-order chi connectivity index (χ0) is 10.7. The Balaban J connectivity index is 3.28. The highest BCUT2D eigenvalue weighted by molar-refractivity contribution is 7.79. The average Bonchev–Trinajstić information content (AvgIpc) is 2.16. The predicted molar refractivity (Wildman–Crippen MR) is 49.7 cm³/mol. The van der Waals surface area contributed by atoms with Crippen molar-refractivity contribution in [3.63, 3.8) is 0 Å². The Kier molecular flexibility index (Phi) is 3.38. The molecule has 1 unspecified atom stereocenters. The number of carbonyl (C=O) groups excluding carboxylic acids is 1. The molecular formula is C9H9O4S-. The SMILES string of the molecule is COC(=O)c1ccc(C)cc1S(=O)[O-]. The van der Waals surface area contributed by atoms with Crippen molar-refractivity contribution >= 4 is 17.0 Å². The van der Waals surface area contributed by atoms with Crippen molar-refractivity contribution in [3.05, 3.63) is 29.3 Å². The van der Waals surface area contributed by atoms with Crippen LogP contribution in [-0.4, -0.2) is 21.8 Å². The quantitative estimate of drug-likeness (QED) is 0.543. The summed E-state index contributed by atoms with van der Waals surface area (Å²) in [5.74, 6) is -0.649. The van der Waals surface area contributed by atoms with Crippen molar-refractivity contribution < 1.29 is 18.3 Å². The standard InChI is InChI=1S/C9H10O4S/c1-6-3-4-7(9(10)13-2)8(5-6)14(11)12/h3-5H,1-2H3,(H,11,12)/p-1. The fourth-order valence-electron chi connectivity index (χ4n) is 1.05. The Morgan fingerprint density at radius 3 is 2.64 bits per heavy atom. The lowest BCUT2D eigenvalue weighted by Crippen LogP contribution is -2.07. The summed E-state index contributed by atoms with van der Waals surface area (Å²) >= 11 is -2.42. The van der Waals surface area contributed by atoms with Gasteiger partial charge in [-0.05, 0) is 35.7 Å². The first-order chi connectivity index (χ1) is 6.56. The van der Waals surface area contributed by atoms with Crippen LogP contribution in [0.2, 0.25) is 0 Å². The van der Waals surface area contributed by atoms with E-state index in [1.54, 1.807) is 13.0 Å². The summed E-state index contributed by atoms with van der Waals surface area (Å²) in [6.45, 7) is 1.75. The van der Waals surface area contributed by atoms with Crippen LogP contribution in [0.5, 0.6) is 0 Å². The molecule has 1 rings (SSSR count). The van der Waals surface area contributed by atoms with Crippen LogP contribution in [0.1, 0.15) is 15.9 Å². The van der Waals surface area contributed by atoms with Gasteiger partial charge in [-0.25, -0.2) is 4.79 Å². The van der Waals surface area contributed by atoms with E-state index in [1.807, 2.05) is 0 Å². The molecule has 1 atom stereocenters. The van der Waals surface area contributed by atoms with Crippen LogP contribution in [-0.2, 0) is 15.8 Å². The molecule has 0 aliphatic carbocycles. The molecule has 0 aliphatic heterocycles. The molecule has 0 N–H and O–H groups in total. The zero-order valence-electron chi connectivity index (χ0n) is 7.77. The molecule has 4 nitrogen and oxygen atoms in total. The van der Waals surface area contributed by atoms with Crippen LogP contribution in [0.3, 0.4) is 0 Å². The highest BCUT2D eigenvalue weighted by Gasteiger charge is 2.11. The van der Waals surface area contributed by atoms with Gasteiger partial charge in [0.05, 0.1) is 12.7 Å². The minimum absolute atomic E-state index is 0.0307. The van der Waals surface area contributed by atoms with Crippen molar-refractivity contribution in [2.75, 3.05) is 7.11 Å². The third-order valence-electron chi connectivity index (χ3n) is 1.72. The topological polar surface area (TPSA) is 66.4 Å². The van der Waals surface area contributed by atoms with Gasteiger partial charge in [-0.15, -0.1) is 0 Å². The molecule has 0 spiro atoms. The lowest BCUT2D eigenvalue weighted by atomic mass is 10.1. The maximum absolute atomic E-state index is 11.2. The number of aryl methyl sites for hydroxylation is 1. The van der Waals surface area contributed by atoms with E-state index in [0.29, 0.717) is 0 Å². The zero-order valence-corrected chi connectivity index (χ0v) is 8.59. The summed E-state index contributed by atoms with van der Waals surface area (Å²) < 4.78 is 26.0. The number of esters is 1. The maximum Gasteiger partial charge on any atom is 0.339 e. The Labute approximate surface area is 84.2 Å². The van der Waals surface area contributed by atoms with E-state index < -0.39 is 17.0 Å². The van der Waals surface area contributed by atoms with Crippen molar-refractivity contribution in [2.45, 2.75) is 11.8 Å². The minimum Gasteiger partial charge on any atom is -0.768 e. The highest BCUT2D eigenvalue weighted by Crippen LogP contribution is 2.15. The normalized spacial score (nSPS) is 12.2. The van der Waals surface area contributed by atoms with E-state index in [1.165, 1.54) is 19.2 Å². The van der Waals surface area contributed by atoms with E-state index >= 15 is 0 Å². The number of benzene rings is 1. The number of hydrogen-bond acceptors (Lipinski definition) is 4. The molecule has 0 fully saturated rings. The molecule has 0 amide bonds. The van der Waals surface area contributed by atoms with Gasteiger partial charge in [0.25, 0.3) is 0 Å². The second-order valence-corrected chi connectivity index (χ2v) is 3.64. The first kappa shape index (κ1) is 10.9. The molecule has 0 saturated heterocycles. The Morgan fingerprint density at radius 2 is 2.14 bits per heavy atom. The van der Waals surface area contributed by atoms with Gasteiger partial charge in [0.15, 0.2) is 0 Å². The lowest BCUT2D eigenvalue weighted by molar-refractivity contribution is 0.0596. The van der Waals surface area contributed by atoms with Crippen molar-refractivity contribution in [2.24, 2.45) is 0 Å². The first-order valence-corrected chi connectivity index (χ1v) is 4.92. The number of methoxy groups -OCH3 is 1. The Morgan fingerprint density at radius 1 is 1.50 bits per heavy atom. The van der Waals surface area contributed by atoms with E-state index in [2.05, 4.69) is 4.74 Å². The number of carbonyl (C=O) groups is 1. The molecule has 0 saturated carbocycles. The molecule has 1 aromatic rings. The molecule has 5 heteroatoms. The second-order valence-electron chi connectivity index (χ2n) is 2.73. The van der Waals surface area contributed by atoms with E-state index in [4.69, 9.17) is 0 Å². The fraction of sp³-hybridized carbons (Fsp3) is 0.222. The smallest absolute Gasteiger partial charge is 0.339 e. The van der Waals surface area contributed by atoms with Crippen LogP contribution in [0.4, 0.5) is 0 Å². The molecule has 14 heavy (non-hydrogen) atoms. The summed E-state index contributed by atoms with van der Waals surface area (Å²) in [7, 11) is 1.21. The van der Waals surface area contributed by atoms with Gasteiger partial charge in [0.2, 0.25) is 0 Å². The van der Waals surface area contributed by atoms with Gasteiger partial charge >= 0.3 is 5.97 Å².